The van der Waals surface area contributed by atoms with Gasteiger partial charge in [-0.2, -0.15) is 4.98 Å². The molecular formula is C22H27N5O3S. The first-order chi connectivity index (χ1) is 14.7. The molecule has 3 rings (SSSR count). The van der Waals surface area contributed by atoms with Gasteiger partial charge in [-0.05, 0) is 55.5 Å². The number of hydrogen-bond donors (Lipinski definition) is 3. The standard InChI is InChI=1S/C22H27N5O3S/c1-14-6-4-8-17(15(14)2)18-13-21(27-22(23)26-18)25-11-5-7-16-9-10-19(30-3)20(12-16)31(24,28)29/h4,6,8-10,12-13H,5,7,11H2,1-3H3,(H2,24,28,29)(H3,23,25,26,27). The number of nitrogens with two attached hydrogens (primary N) is 2. The van der Waals surface area contributed by atoms with Crippen LogP contribution < -0.4 is 20.9 Å². The van der Waals surface area contributed by atoms with Crippen molar-refractivity contribution in [1.82, 2.24) is 9.97 Å². The second-order valence-electron chi connectivity index (χ2n) is 7.30. The van der Waals surface area contributed by atoms with E-state index in [2.05, 4.69) is 35.2 Å². The Morgan fingerprint density at radius 3 is 2.58 bits per heavy atom. The number of ether oxygens (including phenoxy) is 1. The highest BCUT2D eigenvalue weighted by Gasteiger charge is 2.15. The smallest absolute Gasteiger partial charge is 0.241 e. The van der Waals surface area contributed by atoms with Crippen molar-refractivity contribution in [3.8, 4) is 17.0 Å². The Hall–Kier alpha value is -3.17. The highest BCUT2D eigenvalue weighted by molar-refractivity contribution is 7.89. The van der Waals surface area contributed by atoms with Crippen LogP contribution in [-0.2, 0) is 16.4 Å². The van der Waals surface area contributed by atoms with Crippen molar-refractivity contribution in [2.24, 2.45) is 5.14 Å². The SMILES string of the molecule is COc1ccc(CCCNc2cc(-c3cccc(C)c3C)nc(N)n2)cc1S(N)(=O)=O. The summed E-state index contributed by atoms with van der Waals surface area (Å²) in [7, 11) is -2.45. The normalized spacial score (nSPS) is 11.4. The average Bonchev–Trinajstić information content (AvgIpc) is 2.72. The number of nitrogens with one attached hydrogen (secondary N) is 1. The van der Waals surface area contributed by atoms with Crippen molar-refractivity contribution in [2.75, 3.05) is 24.7 Å². The minimum absolute atomic E-state index is 0.0119. The molecule has 0 radical (unpaired) electrons. The molecule has 0 aliphatic carbocycles. The Labute approximate surface area is 182 Å². The molecule has 31 heavy (non-hydrogen) atoms. The number of primary sulfonamides is 1. The van der Waals surface area contributed by atoms with Crippen LogP contribution in [0.15, 0.2) is 47.4 Å². The van der Waals surface area contributed by atoms with Crippen LogP contribution in [0.1, 0.15) is 23.1 Å². The van der Waals surface area contributed by atoms with Gasteiger partial charge >= 0.3 is 0 Å². The molecule has 2 aromatic carbocycles. The molecule has 3 aromatic rings. The van der Waals surface area contributed by atoms with E-state index in [0.29, 0.717) is 18.8 Å². The molecule has 0 fully saturated rings. The van der Waals surface area contributed by atoms with Gasteiger partial charge in [0, 0.05) is 18.2 Å². The maximum absolute atomic E-state index is 11.8. The number of aryl methyl sites for hydroxylation is 2. The molecule has 8 nitrogen and oxygen atoms in total. The number of benzene rings is 2. The third-order valence-electron chi connectivity index (χ3n) is 5.11. The molecule has 0 bridgehead atoms. The van der Waals surface area contributed by atoms with Crippen LogP contribution in [-0.4, -0.2) is 32.0 Å². The summed E-state index contributed by atoms with van der Waals surface area (Å²) in [6.07, 6.45) is 1.41. The van der Waals surface area contributed by atoms with Gasteiger partial charge < -0.3 is 15.8 Å². The number of aromatic nitrogens is 2. The Bertz CT molecular complexity index is 1200. The molecule has 0 saturated carbocycles. The fourth-order valence-corrected chi connectivity index (χ4v) is 4.08. The van der Waals surface area contributed by atoms with Gasteiger partial charge in [-0.1, -0.05) is 24.3 Å². The van der Waals surface area contributed by atoms with E-state index in [-0.39, 0.29) is 16.6 Å². The molecule has 5 N–H and O–H groups in total. The lowest BCUT2D eigenvalue weighted by Crippen LogP contribution is -2.14. The molecule has 0 aliphatic rings. The van der Waals surface area contributed by atoms with Gasteiger partial charge in [0.2, 0.25) is 16.0 Å². The maximum atomic E-state index is 11.8. The fraction of sp³-hybridized carbons (Fsp3) is 0.273. The Kier molecular flexibility index (Phi) is 6.77. The summed E-state index contributed by atoms with van der Waals surface area (Å²) in [6.45, 7) is 4.74. The molecular weight excluding hydrogens is 414 g/mol. The molecule has 0 atom stereocenters. The summed E-state index contributed by atoms with van der Waals surface area (Å²) in [5, 5.41) is 8.55. The number of anilines is 2. The highest BCUT2D eigenvalue weighted by Crippen LogP contribution is 2.26. The lowest BCUT2D eigenvalue weighted by molar-refractivity contribution is 0.402. The summed E-state index contributed by atoms with van der Waals surface area (Å²) in [4.78, 5) is 8.63. The molecule has 9 heteroatoms. The highest BCUT2D eigenvalue weighted by atomic mass is 32.2. The number of hydrogen-bond acceptors (Lipinski definition) is 7. The van der Waals surface area contributed by atoms with E-state index in [1.807, 2.05) is 24.3 Å². The number of nitrogen functional groups attached to an aromatic ring is 1. The predicted molar refractivity (Wildman–Crippen MR) is 123 cm³/mol. The zero-order chi connectivity index (χ0) is 22.6. The Balaban J connectivity index is 1.68. The molecule has 1 aromatic heterocycles. The molecule has 0 aliphatic heterocycles. The van der Waals surface area contributed by atoms with E-state index in [1.54, 1.807) is 12.1 Å². The van der Waals surface area contributed by atoms with Crippen LogP contribution in [0.5, 0.6) is 5.75 Å². The zero-order valence-electron chi connectivity index (χ0n) is 17.8. The van der Waals surface area contributed by atoms with Crippen molar-refractivity contribution in [3.63, 3.8) is 0 Å². The second-order valence-corrected chi connectivity index (χ2v) is 8.83. The van der Waals surface area contributed by atoms with Crippen molar-refractivity contribution in [3.05, 3.63) is 59.2 Å². The number of sulfonamides is 1. The van der Waals surface area contributed by atoms with E-state index in [4.69, 9.17) is 15.6 Å². The van der Waals surface area contributed by atoms with Crippen LogP contribution in [0.4, 0.5) is 11.8 Å². The van der Waals surface area contributed by atoms with Crippen LogP contribution in [0.3, 0.4) is 0 Å². The summed E-state index contributed by atoms with van der Waals surface area (Å²) < 4.78 is 28.6. The van der Waals surface area contributed by atoms with Crippen LogP contribution in [0, 0.1) is 13.8 Å². The zero-order valence-corrected chi connectivity index (χ0v) is 18.7. The van der Waals surface area contributed by atoms with Gasteiger partial charge in [0.1, 0.15) is 16.5 Å². The average molecular weight is 442 g/mol. The minimum atomic E-state index is -3.86. The van der Waals surface area contributed by atoms with Gasteiger partial charge in [0.25, 0.3) is 0 Å². The van der Waals surface area contributed by atoms with E-state index in [0.717, 1.165) is 28.8 Å². The van der Waals surface area contributed by atoms with Crippen LogP contribution >= 0.6 is 0 Å². The Morgan fingerprint density at radius 1 is 1.10 bits per heavy atom. The number of methoxy groups -OCH3 is 1. The van der Waals surface area contributed by atoms with E-state index < -0.39 is 10.0 Å². The molecule has 164 valence electrons. The van der Waals surface area contributed by atoms with E-state index in [9.17, 15) is 8.42 Å². The molecule has 1 heterocycles. The van der Waals surface area contributed by atoms with Gasteiger partial charge in [0.05, 0.1) is 12.8 Å². The van der Waals surface area contributed by atoms with Gasteiger partial charge in [-0.3, -0.25) is 0 Å². The third kappa shape index (κ3) is 5.50. The lowest BCUT2D eigenvalue weighted by Gasteiger charge is -2.12. The molecule has 0 saturated heterocycles. The van der Waals surface area contributed by atoms with Gasteiger partial charge in [-0.25, -0.2) is 18.5 Å². The molecule has 0 spiro atoms. The minimum Gasteiger partial charge on any atom is -0.495 e. The lowest BCUT2D eigenvalue weighted by atomic mass is 10.0. The van der Waals surface area contributed by atoms with Gasteiger partial charge in [0.15, 0.2) is 0 Å². The third-order valence-corrected chi connectivity index (χ3v) is 6.04. The summed E-state index contributed by atoms with van der Waals surface area (Å²) >= 11 is 0. The molecule has 0 amide bonds. The van der Waals surface area contributed by atoms with Crippen molar-refractivity contribution in [1.29, 1.82) is 0 Å². The molecule has 0 unspecified atom stereocenters. The first-order valence-electron chi connectivity index (χ1n) is 9.84. The number of rotatable bonds is 8. The van der Waals surface area contributed by atoms with Gasteiger partial charge in [-0.15, -0.1) is 0 Å². The monoisotopic (exact) mass is 441 g/mol. The van der Waals surface area contributed by atoms with Crippen molar-refractivity contribution in [2.45, 2.75) is 31.6 Å². The maximum Gasteiger partial charge on any atom is 0.241 e. The van der Waals surface area contributed by atoms with E-state index >= 15 is 0 Å². The van der Waals surface area contributed by atoms with Crippen LogP contribution in [0.2, 0.25) is 0 Å². The quantitative estimate of drug-likeness (QED) is 0.458. The van der Waals surface area contributed by atoms with E-state index in [1.165, 1.54) is 12.7 Å². The first-order valence-corrected chi connectivity index (χ1v) is 11.4. The first kappa shape index (κ1) is 22.5. The Morgan fingerprint density at radius 2 is 1.87 bits per heavy atom. The van der Waals surface area contributed by atoms with Crippen molar-refractivity contribution < 1.29 is 13.2 Å². The van der Waals surface area contributed by atoms with Crippen LogP contribution in [0.25, 0.3) is 11.3 Å². The van der Waals surface area contributed by atoms with Crippen molar-refractivity contribution >= 4 is 21.8 Å². The summed E-state index contributed by atoms with van der Waals surface area (Å²) in [6, 6.07) is 12.9. The summed E-state index contributed by atoms with van der Waals surface area (Å²) in [5.41, 5.74) is 10.9. The summed E-state index contributed by atoms with van der Waals surface area (Å²) in [5.74, 6) is 1.08. The predicted octanol–water partition coefficient (Wildman–Crippen LogP) is 3.04. The topological polar surface area (TPSA) is 133 Å². The second kappa shape index (κ2) is 9.32. The largest absolute Gasteiger partial charge is 0.495 e. The fourth-order valence-electron chi connectivity index (χ4n) is 3.33. The number of nitrogens with zero attached hydrogens (tertiary/aromatic N) is 2.